The van der Waals surface area contributed by atoms with Crippen molar-refractivity contribution < 1.29 is 17.5 Å². The minimum atomic E-state index is -3.87. The number of ether oxygens (including phenoxy) is 1. The van der Waals surface area contributed by atoms with E-state index in [0.29, 0.717) is 5.56 Å². The highest BCUT2D eigenvalue weighted by atomic mass is 32.2. The van der Waals surface area contributed by atoms with Crippen molar-refractivity contribution in [3.63, 3.8) is 0 Å². The van der Waals surface area contributed by atoms with Gasteiger partial charge in [-0.2, -0.15) is 9.57 Å². The smallest absolute Gasteiger partial charge is 0.246 e. The molecule has 0 radical (unpaired) electrons. The van der Waals surface area contributed by atoms with Gasteiger partial charge in [0.05, 0.1) is 24.7 Å². The maximum absolute atomic E-state index is 13.7. The van der Waals surface area contributed by atoms with E-state index < -0.39 is 15.8 Å². The van der Waals surface area contributed by atoms with E-state index in [9.17, 15) is 12.8 Å². The highest BCUT2D eigenvalue weighted by molar-refractivity contribution is 7.89. The van der Waals surface area contributed by atoms with E-state index in [0.717, 1.165) is 10.4 Å². The van der Waals surface area contributed by atoms with E-state index in [-0.39, 0.29) is 30.0 Å². The molecule has 23 heavy (non-hydrogen) atoms. The third-order valence-corrected chi connectivity index (χ3v) is 5.29. The van der Waals surface area contributed by atoms with Crippen molar-refractivity contribution in [1.82, 2.24) is 9.29 Å². The molecule has 1 aliphatic rings. The summed E-state index contributed by atoms with van der Waals surface area (Å²) in [5, 5.41) is 8.81. The second kappa shape index (κ2) is 5.95. The number of nitriles is 1. The fourth-order valence-electron chi connectivity index (χ4n) is 2.18. The molecule has 0 saturated carbocycles. The molecule has 2 heterocycles. The number of hydrogen-bond donors (Lipinski definition) is 0. The van der Waals surface area contributed by atoms with Gasteiger partial charge in [-0.3, -0.25) is 0 Å². The largest absolute Gasteiger partial charge is 0.471 e. The average Bonchev–Trinajstić information content (AvgIpc) is 2.50. The third-order valence-electron chi connectivity index (χ3n) is 3.42. The highest BCUT2D eigenvalue weighted by Crippen LogP contribution is 2.25. The topological polar surface area (TPSA) is 83.3 Å². The summed E-state index contributed by atoms with van der Waals surface area (Å²) in [6.45, 7) is 0.213. The quantitative estimate of drug-likeness (QED) is 0.847. The molecule has 1 saturated heterocycles. The average molecular weight is 333 g/mol. The summed E-state index contributed by atoms with van der Waals surface area (Å²) in [6, 6.07) is 10.2. The highest BCUT2D eigenvalue weighted by Gasteiger charge is 2.39. The summed E-state index contributed by atoms with van der Waals surface area (Å²) < 4.78 is 44.9. The summed E-state index contributed by atoms with van der Waals surface area (Å²) in [7, 11) is -3.87. The molecule has 1 aliphatic heterocycles. The second-order valence-corrected chi connectivity index (χ2v) is 6.89. The zero-order chi connectivity index (χ0) is 16.4. The minimum absolute atomic E-state index is 0.106. The van der Waals surface area contributed by atoms with E-state index >= 15 is 0 Å². The first-order valence-electron chi connectivity index (χ1n) is 6.78. The normalized spacial score (nSPS) is 15.7. The molecule has 6 nitrogen and oxygen atoms in total. The Morgan fingerprint density at radius 3 is 2.74 bits per heavy atom. The molecule has 0 bridgehead atoms. The first-order chi connectivity index (χ1) is 11.0. The predicted molar refractivity (Wildman–Crippen MR) is 78.5 cm³/mol. The van der Waals surface area contributed by atoms with Crippen molar-refractivity contribution in [3.05, 3.63) is 54.0 Å². The number of pyridine rings is 1. The second-order valence-electron chi connectivity index (χ2n) is 4.99. The van der Waals surface area contributed by atoms with Crippen molar-refractivity contribution >= 4 is 10.0 Å². The van der Waals surface area contributed by atoms with Crippen LogP contribution in [-0.2, 0) is 10.0 Å². The maximum Gasteiger partial charge on any atom is 0.246 e. The van der Waals surface area contributed by atoms with Crippen LogP contribution in [-0.4, -0.2) is 36.9 Å². The molecule has 0 atom stereocenters. The summed E-state index contributed by atoms with van der Waals surface area (Å²) in [5.74, 6) is -0.516. The standard InChI is InChI=1S/C15H12FN3O3S/c16-13-3-1-2-4-14(13)23(20,21)19-9-12(10-19)22-15-7-11(8-17)5-6-18-15/h1-7,12H,9-10H2. The van der Waals surface area contributed by atoms with Crippen LogP contribution in [0.5, 0.6) is 5.88 Å². The lowest BCUT2D eigenvalue weighted by Gasteiger charge is -2.37. The zero-order valence-electron chi connectivity index (χ0n) is 11.9. The van der Waals surface area contributed by atoms with Crippen LogP contribution in [0.25, 0.3) is 0 Å². The molecule has 8 heteroatoms. The Hall–Kier alpha value is -2.50. The molecule has 0 unspecified atom stereocenters. The Balaban J connectivity index is 1.67. The third kappa shape index (κ3) is 3.02. The maximum atomic E-state index is 13.7. The van der Waals surface area contributed by atoms with Crippen LogP contribution in [0.1, 0.15) is 5.56 Å². The lowest BCUT2D eigenvalue weighted by atomic mass is 10.2. The van der Waals surface area contributed by atoms with Crippen molar-refractivity contribution in [1.29, 1.82) is 5.26 Å². The van der Waals surface area contributed by atoms with E-state index in [1.165, 1.54) is 30.5 Å². The summed E-state index contributed by atoms with van der Waals surface area (Å²) in [4.78, 5) is 3.62. The lowest BCUT2D eigenvalue weighted by Crippen LogP contribution is -2.56. The molecule has 1 fully saturated rings. The van der Waals surface area contributed by atoms with Gasteiger partial charge in [0.25, 0.3) is 0 Å². The molecule has 0 N–H and O–H groups in total. The van der Waals surface area contributed by atoms with Crippen LogP contribution in [0.4, 0.5) is 4.39 Å². The molecule has 1 aromatic heterocycles. The molecule has 118 valence electrons. The fourth-order valence-corrected chi connectivity index (χ4v) is 3.75. The van der Waals surface area contributed by atoms with Crippen molar-refractivity contribution in [2.24, 2.45) is 0 Å². The van der Waals surface area contributed by atoms with Gasteiger partial charge in [0.15, 0.2) is 0 Å². The van der Waals surface area contributed by atoms with Gasteiger partial charge in [0, 0.05) is 12.3 Å². The molecular weight excluding hydrogens is 321 g/mol. The first kappa shape index (κ1) is 15.4. The van der Waals surface area contributed by atoms with Gasteiger partial charge in [0.1, 0.15) is 16.8 Å². The Kier molecular flexibility index (Phi) is 3.98. The molecular formula is C15H12FN3O3S. The number of benzene rings is 1. The Morgan fingerprint density at radius 2 is 2.04 bits per heavy atom. The van der Waals surface area contributed by atoms with Crippen LogP contribution in [0, 0.1) is 17.1 Å². The molecule has 1 aromatic carbocycles. The Labute approximate surface area is 132 Å². The fraction of sp³-hybridized carbons (Fsp3) is 0.200. The number of halogens is 1. The molecule has 0 spiro atoms. The van der Waals surface area contributed by atoms with Gasteiger partial charge in [-0.15, -0.1) is 0 Å². The number of nitrogens with zero attached hydrogens (tertiary/aromatic N) is 3. The van der Waals surface area contributed by atoms with Crippen LogP contribution in [0.15, 0.2) is 47.5 Å². The Bertz CT molecular complexity index is 874. The SMILES string of the molecule is N#Cc1ccnc(OC2CN(S(=O)(=O)c3ccccc3F)C2)c1. The Morgan fingerprint density at radius 1 is 1.30 bits per heavy atom. The number of hydrogen-bond acceptors (Lipinski definition) is 5. The number of rotatable bonds is 4. The van der Waals surface area contributed by atoms with Crippen LogP contribution in [0.2, 0.25) is 0 Å². The minimum Gasteiger partial charge on any atom is -0.471 e. The van der Waals surface area contributed by atoms with Gasteiger partial charge in [-0.05, 0) is 18.2 Å². The van der Waals surface area contributed by atoms with E-state index in [1.807, 2.05) is 6.07 Å². The van der Waals surface area contributed by atoms with Crippen molar-refractivity contribution in [2.45, 2.75) is 11.0 Å². The van der Waals surface area contributed by atoms with Crippen LogP contribution in [0.3, 0.4) is 0 Å². The molecule has 3 rings (SSSR count). The van der Waals surface area contributed by atoms with Gasteiger partial charge < -0.3 is 4.74 Å². The van der Waals surface area contributed by atoms with Gasteiger partial charge in [-0.25, -0.2) is 17.8 Å². The predicted octanol–water partition coefficient (Wildman–Crippen LogP) is 1.54. The molecule has 0 aliphatic carbocycles. The monoisotopic (exact) mass is 333 g/mol. The van der Waals surface area contributed by atoms with Crippen LogP contribution >= 0.6 is 0 Å². The van der Waals surface area contributed by atoms with E-state index in [2.05, 4.69) is 4.98 Å². The number of sulfonamides is 1. The molecule has 2 aromatic rings. The molecule has 0 amide bonds. The van der Waals surface area contributed by atoms with Gasteiger partial charge in [0.2, 0.25) is 15.9 Å². The summed E-state index contributed by atoms with van der Waals surface area (Å²) in [6.07, 6.45) is 1.07. The zero-order valence-corrected chi connectivity index (χ0v) is 12.7. The van der Waals surface area contributed by atoms with Gasteiger partial charge in [-0.1, -0.05) is 12.1 Å². The van der Waals surface area contributed by atoms with Crippen LogP contribution < -0.4 is 4.74 Å². The summed E-state index contributed by atoms with van der Waals surface area (Å²) >= 11 is 0. The number of aromatic nitrogens is 1. The first-order valence-corrected chi connectivity index (χ1v) is 8.22. The van der Waals surface area contributed by atoms with Gasteiger partial charge >= 0.3 is 0 Å². The van der Waals surface area contributed by atoms with Crippen molar-refractivity contribution in [3.8, 4) is 11.9 Å². The van der Waals surface area contributed by atoms with E-state index in [4.69, 9.17) is 10.00 Å². The lowest BCUT2D eigenvalue weighted by molar-refractivity contribution is 0.0719. The van der Waals surface area contributed by atoms with Crippen molar-refractivity contribution in [2.75, 3.05) is 13.1 Å². The van der Waals surface area contributed by atoms with E-state index in [1.54, 1.807) is 6.07 Å². The summed E-state index contributed by atoms with van der Waals surface area (Å²) in [5.41, 5.74) is 0.408.